The molecule has 0 saturated heterocycles. The molecule has 0 aliphatic heterocycles. The van der Waals surface area contributed by atoms with Crippen LogP contribution in [0.25, 0.3) is 0 Å². The van der Waals surface area contributed by atoms with Crippen LogP contribution in [0.3, 0.4) is 0 Å². The number of amides is 1. The Labute approximate surface area is 110 Å². The standard InChI is InChI=1S/C11H18N4O4/c1-7(2)12-9(16)4-5-15-8(6-19-3)10(11(17)18)13-14-15/h7H,4-6H2,1-3H3,(H,12,16)(H,17,18). The lowest BCUT2D eigenvalue weighted by Gasteiger charge is -2.09. The van der Waals surface area contributed by atoms with Gasteiger partial charge in [-0.1, -0.05) is 5.21 Å². The van der Waals surface area contributed by atoms with Crippen molar-refractivity contribution in [3.05, 3.63) is 11.4 Å². The Bertz CT molecular complexity index is 456. The number of aryl methyl sites for hydroxylation is 1. The van der Waals surface area contributed by atoms with Gasteiger partial charge < -0.3 is 15.2 Å². The number of aromatic carboxylic acids is 1. The molecule has 1 aromatic heterocycles. The quantitative estimate of drug-likeness (QED) is 0.724. The van der Waals surface area contributed by atoms with Crippen LogP contribution in [-0.4, -0.2) is 45.1 Å². The first-order valence-corrected chi connectivity index (χ1v) is 5.89. The van der Waals surface area contributed by atoms with E-state index in [-0.39, 0.29) is 37.2 Å². The van der Waals surface area contributed by atoms with Gasteiger partial charge >= 0.3 is 5.97 Å². The van der Waals surface area contributed by atoms with Crippen LogP contribution in [0.15, 0.2) is 0 Å². The third-order valence-electron chi connectivity index (χ3n) is 2.32. The van der Waals surface area contributed by atoms with Crippen molar-refractivity contribution in [2.75, 3.05) is 7.11 Å². The molecule has 0 unspecified atom stereocenters. The van der Waals surface area contributed by atoms with Crippen LogP contribution in [0.1, 0.15) is 36.5 Å². The Morgan fingerprint density at radius 2 is 2.16 bits per heavy atom. The number of carboxylic acid groups (broad SMARTS) is 1. The average molecular weight is 270 g/mol. The summed E-state index contributed by atoms with van der Waals surface area (Å²) in [4.78, 5) is 22.5. The molecule has 1 rings (SSSR count). The lowest BCUT2D eigenvalue weighted by Crippen LogP contribution is -2.31. The van der Waals surface area contributed by atoms with Crippen molar-refractivity contribution in [2.24, 2.45) is 0 Å². The predicted molar refractivity (Wildman–Crippen MR) is 65.6 cm³/mol. The van der Waals surface area contributed by atoms with Crippen LogP contribution >= 0.6 is 0 Å². The van der Waals surface area contributed by atoms with Crippen LogP contribution < -0.4 is 5.32 Å². The van der Waals surface area contributed by atoms with Crippen LogP contribution in [0.5, 0.6) is 0 Å². The van der Waals surface area contributed by atoms with Gasteiger partial charge in [0.2, 0.25) is 5.91 Å². The molecule has 8 nitrogen and oxygen atoms in total. The number of carbonyl (C=O) groups is 2. The van der Waals surface area contributed by atoms with Gasteiger partial charge in [-0.15, -0.1) is 5.10 Å². The summed E-state index contributed by atoms with van der Waals surface area (Å²) in [5, 5.41) is 19.0. The summed E-state index contributed by atoms with van der Waals surface area (Å²) in [7, 11) is 1.45. The van der Waals surface area contributed by atoms with Gasteiger partial charge in [-0.3, -0.25) is 4.79 Å². The molecular formula is C11H18N4O4. The van der Waals surface area contributed by atoms with Crippen LogP contribution in [0.4, 0.5) is 0 Å². The number of hydrogen-bond acceptors (Lipinski definition) is 5. The Hall–Kier alpha value is -1.96. The molecule has 0 bridgehead atoms. The Morgan fingerprint density at radius 3 is 2.68 bits per heavy atom. The van der Waals surface area contributed by atoms with Gasteiger partial charge in [-0.2, -0.15) is 0 Å². The van der Waals surface area contributed by atoms with E-state index in [1.54, 1.807) is 0 Å². The van der Waals surface area contributed by atoms with Gasteiger partial charge in [0.25, 0.3) is 0 Å². The van der Waals surface area contributed by atoms with Gasteiger partial charge in [0.1, 0.15) is 0 Å². The third-order valence-corrected chi connectivity index (χ3v) is 2.32. The second-order valence-corrected chi connectivity index (χ2v) is 4.32. The Balaban J connectivity index is 2.72. The number of nitrogens with zero attached hydrogens (tertiary/aromatic N) is 3. The summed E-state index contributed by atoms with van der Waals surface area (Å²) in [5.74, 6) is -1.28. The highest BCUT2D eigenvalue weighted by Gasteiger charge is 2.19. The van der Waals surface area contributed by atoms with E-state index in [9.17, 15) is 9.59 Å². The lowest BCUT2D eigenvalue weighted by molar-refractivity contribution is -0.121. The number of ether oxygens (including phenoxy) is 1. The molecule has 19 heavy (non-hydrogen) atoms. The van der Waals surface area contributed by atoms with Crippen molar-refractivity contribution in [2.45, 2.75) is 39.5 Å². The number of methoxy groups -OCH3 is 1. The molecule has 0 fully saturated rings. The SMILES string of the molecule is COCc1c(C(=O)O)nnn1CCC(=O)NC(C)C. The third kappa shape index (κ3) is 4.32. The molecular weight excluding hydrogens is 252 g/mol. The highest BCUT2D eigenvalue weighted by Crippen LogP contribution is 2.08. The summed E-state index contributed by atoms with van der Waals surface area (Å²) in [6, 6.07) is 0.0660. The maximum Gasteiger partial charge on any atom is 0.358 e. The highest BCUT2D eigenvalue weighted by molar-refractivity contribution is 5.86. The normalized spacial score (nSPS) is 10.7. The largest absolute Gasteiger partial charge is 0.476 e. The van der Waals surface area contributed by atoms with E-state index in [1.165, 1.54) is 11.8 Å². The van der Waals surface area contributed by atoms with Gasteiger partial charge in [-0.05, 0) is 13.8 Å². The smallest absolute Gasteiger partial charge is 0.358 e. The maximum absolute atomic E-state index is 11.5. The topological polar surface area (TPSA) is 106 Å². The molecule has 1 heterocycles. The van der Waals surface area contributed by atoms with Gasteiger partial charge in [-0.25, -0.2) is 9.48 Å². The first-order valence-electron chi connectivity index (χ1n) is 5.89. The summed E-state index contributed by atoms with van der Waals surface area (Å²) >= 11 is 0. The van der Waals surface area contributed by atoms with E-state index in [0.717, 1.165) is 0 Å². The fourth-order valence-electron chi connectivity index (χ4n) is 1.56. The van der Waals surface area contributed by atoms with E-state index in [4.69, 9.17) is 9.84 Å². The first-order chi connectivity index (χ1) is 8.95. The highest BCUT2D eigenvalue weighted by atomic mass is 16.5. The average Bonchev–Trinajstić information content (AvgIpc) is 2.69. The van der Waals surface area contributed by atoms with Gasteiger partial charge in [0, 0.05) is 19.6 Å². The van der Waals surface area contributed by atoms with Crippen molar-refractivity contribution in [3.8, 4) is 0 Å². The van der Waals surface area contributed by atoms with Crippen molar-refractivity contribution < 1.29 is 19.4 Å². The van der Waals surface area contributed by atoms with Crippen molar-refractivity contribution in [3.63, 3.8) is 0 Å². The van der Waals surface area contributed by atoms with Crippen molar-refractivity contribution in [1.29, 1.82) is 0 Å². The van der Waals surface area contributed by atoms with Crippen LogP contribution in [-0.2, 0) is 22.7 Å². The number of hydrogen-bond donors (Lipinski definition) is 2. The van der Waals surface area contributed by atoms with E-state index in [0.29, 0.717) is 5.69 Å². The second kappa shape index (κ2) is 6.83. The Morgan fingerprint density at radius 1 is 1.47 bits per heavy atom. The predicted octanol–water partition coefficient (Wildman–Crippen LogP) is 0.0374. The minimum Gasteiger partial charge on any atom is -0.476 e. The minimum absolute atomic E-state index is 0.0660. The molecule has 1 amide bonds. The maximum atomic E-state index is 11.5. The molecule has 0 spiro atoms. The zero-order valence-electron chi connectivity index (χ0n) is 11.2. The molecule has 8 heteroatoms. The monoisotopic (exact) mass is 270 g/mol. The molecule has 0 atom stereocenters. The molecule has 2 N–H and O–H groups in total. The van der Waals surface area contributed by atoms with Gasteiger partial charge in [0.05, 0.1) is 18.8 Å². The number of carboxylic acids is 1. The summed E-state index contributed by atoms with van der Waals surface area (Å²) < 4.78 is 6.31. The van der Waals surface area contributed by atoms with E-state index in [1.807, 2.05) is 13.8 Å². The fraction of sp³-hybridized carbons (Fsp3) is 0.636. The number of nitrogens with one attached hydrogen (secondary N) is 1. The molecule has 0 radical (unpaired) electrons. The van der Waals surface area contributed by atoms with E-state index >= 15 is 0 Å². The lowest BCUT2D eigenvalue weighted by atomic mass is 10.3. The molecule has 0 aromatic carbocycles. The van der Waals surface area contributed by atoms with E-state index in [2.05, 4.69) is 15.6 Å². The summed E-state index contributed by atoms with van der Waals surface area (Å²) in [6.07, 6.45) is 0.206. The molecule has 106 valence electrons. The zero-order chi connectivity index (χ0) is 14.4. The number of aromatic nitrogens is 3. The summed E-state index contributed by atoms with van der Waals surface area (Å²) in [6.45, 7) is 4.08. The Kier molecular flexibility index (Phi) is 5.43. The zero-order valence-corrected chi connectivity index (χ0v) is 11.2. The number of rotatable bonds is 7. The first kappa shape index (κ1) is 15.1. The van der Waals surface area contributed by atoms with Crippen LogP contribution in [0, 0.1) is 0 Å². The molecule has 0 saturated carbocycles. The van der Waals surface area contributed by atoms with E-state index < -0.39 is 5.97 Å². The second-order valence-electron chi connectivity index (χ2n) is 4.32. The molecule has 1 aromatic rings. The molecule has 0 aliphatic rings. The molecule has 0 aliphatic carbocycles. The van der Waals surface area contributed by atoms with Gasteiger partial charge in [0.15, 0.2) is 5.69 Å². The minimum atomic E-state index is -1.16. The van der Waals surface area contributed by atoms with Crippen LogP contribution in [0.2, 0.25) is 0 Å². The fourth-order valence-corrected chi connectivity index (χ4v) is 1.56. The summed E-state index contributed by atoms with van der Waals surface area (Å²) in [5.41, 5.74) is 0.207. The number of carbonyl (C=O) groups excluding carboxylic acids is 1. The van der Waals surface area contributed by atoms with Crippen molar-refractivity contribution in [1.82, 2.24) is 20.3 Å². The van der Waals surface area contributed by atoms with Crippen molar-refractivity contribution >= 4 is 11.9 Å².